The number of hydrogen-bond acceptors (Lipinski definition) is 4. The first kappa shape index (κ1) is 20.6. The van der Waals surface area contributed by atoms with E-state index in [4.69, 9.17) is 9.84 Å². The first-order valence-corrected chi connectivity index (χ1v) is 10.7. The number of benzene rings is 3. The Hall–Kier alpha value is -3.12. The molecular weight excluding hydrogens is 388 g/mol. The maximum Gasteiger partial charge on any atom is 0.303 e. The van der Waals surface area contributed by atoms with Gasteiger partial charge in [0.05, 0.1) is 16.2 Å². The van der Waals surface area contributed by atoms with Crippen LogP contribution in [0.3, 0.4) is 0 Å². The van der Waals surface area contributed by atoms with Crippen molar-refractivity contribution in [1.29, 1.82) is 0 Å². The van der Waals surface area contributed by atoms with Crippen LogP contribution in [0.25, 0.3) is 0 Å². The maximum atomic E-state index is 12.6. The van der Waals surface area contributed by atoms with E-state index in [0.717, 1.165) is 11.1 Å². The topological polar surface area (TPSA) is 80.7 Å². The fourth-order valence-electron chi connectivity index (χ4n) is 2.94. The molecule has 0 amide bonds. The molecule has 3 aromatic rings. The number of aliphatic carboxylic acids is 1. The minimum atomic E-state index is -3.53. The highest BCUT2D eigenvalue weighted by Crippen LogP contribution is 2.23. The highest BCUT2D eigenvalue weighted by atomic mass is 32.2. The maximum absolute atomic E-state index is 12.6. The smallest absolute Gasteiger partial charge is 0.303 e. The lowest BCUT2D eigenvalue weighted by atomic mass is 9.98. The number of ether oxygens (including phenoxy) is 1. The van der Waals surface area contributed by atoms with Crippen LogP contribution in [-0.2, 0) is 21.2 Å². The quantitative estimate of drug-likeness (QED) is 0.583. The van der Waals surface area contributed by atoms with Gasteiger partial charge in [-0.15, -0.1) is 0 Å². The SMILES string of the molecule is CC(CC(=O)O)c1ccc(OCc2ccc(S(=O)(=O)c3ccccc3)cc2)cc1. The summed E-state index contributed by atoms with van der Waals surface area (Å²) < 4.78 is 31.0. The van der Waals surface area contributed by atoms with Gasteiger partial charge >= 0.3 is 5.97 Å². The average Bonchev–Trinajstić information content (AvgIpc) is 2.73. The molecule has 0 spiro atoms. The van der Waals surface area contributed by atoms with E-state index >= 15 is 0 Å². The molecule has 0 fully saturated rings. The molecule has 29 heavy (non-hydrogen) atoms. The Bertz CT molecular complexity index is 1060. The molecule has 1 atom stereocenters. The molecule has 6 heteroatoms. The van der Waals surface area contributed by atoms with Gasteiger partial charge in [-0.05, 0) is 53.4 Å². The van der Waals surface area contributed by atoms with Gasteiger partial charge in [0, 0.05) is 0 Å². The predicted octanol–water partition coefficient (Wildman–Crippen LogP) is 4.68. The summed E-state index contributed by atoms with van der Waals surface area (Å²) in [6.45, 7) is 2.17. The monoisotopic (exact) mass is 410 g/mol. The van der Waals surface area contributed by atoms with Crippen molar-refractivity contribution < 1.29 is 23.1 Å². The molecule has 0 radical (unpaired) electrons. The number of carboxylic acid groups (broad SMARTS) is 1. The van der Waals surface area contributed by atoms with Crippen molar-refractivity contribution >= 4 is 15.8 Å². The van der Waals surface area contributed by atoms with Crippen LogP contribution in [0.5, 0.6) is 5.75 Å². The zero-order valence-corrected chi connectivity index (χ0v) is 16.8. The molecule has 1 N–H and O–H groups in total. The Labute approximate surface area is 170 Å². The van der Waals surface area contributed by atoms with Gasteiger partial charge in [-0.3, -0.25) is 4.79 Å². The molecule has 0 heterocycles. The van der Waals surface area contributed by atoms with Crippen LogP contribution >= 0.6 is 0 Å². The fraction of sp³-hybridized carbons (Fsp3) is 0.174. The van der Waals surface area contributed by atoms with Crippen LogP contribution in [-0.4, -0.2) is 19.5 Å². The van der Waals surface area contributed by atoms with E-state index in [1.165, 1.54) is 0 Å². The molecule has 0 aliphatic heterocycles. The molecule has 150 valence electrons. The van der Waals surface area contributed by atoms with Crippen molar-refractivity contribution in [2.24, 2.45) is 0 Å². The van der Waals surface area contributed by atoms with Crippen LogP contribution in [0, 0.1) is 0 Å². The summed E-state index contributed by atoms with van der Waals surface area (Å²) in [6.07, 6.45) is 0.0818. The van der Waals surface area contributed by atoms with Crippen molar-refractivity contribution in [2.45, 2.75) is 35.7 Å². The molecule has 0 saturated carbocycles. The first-order valence-electron chi connectivity index (χ1n) is 9.20. The van der Waals surface area contributed by atoms with E-state index in [1.54, 1.807) is 54.6 Å². The molecular formula is C23H22O5S. The van der Waals surface area contributed by atoms with Gasteiger partial charge in [-0.2, -0.15) is 0 Å². The second-order valence-electron chi connectivity index (χ2n) is 6.82. The number of carbonyl (C=O) groups is 1. The summed E-state index contributed by atoms with van der Waals surface area (Å²) in [4.78, 5) is 11.3. The lowest BCUT2D eigenvalue weighted by Gasteiger charge is -2.11. The molecule has 5 nitrogen and oxygen atoms in total. The van der Waals surface area contributed by atoms with Crippen molar-refractivity contribution in [1.82, 2.24) is 0 Å². The van der Waals surface area contributed by atoms with Crippen LogP contribution in [0.1, 0.15) is 30.4 Å². The summed E-state index contributed by atoms with van der Waals surface area (Å²) in [5.41, 5.74) is 1.79. The van der Waals surface area contributed by atoms with E-state index in [0.29, 0.717) is 12.4 Å². The van der Waals surface area contributed by atoms with Crippen molar-refractivity contribution in [3.63, 3.8) is 0 Å². The zero-order chi connectivity index (χ0) is 20.9. The van der Waals surface area contributed by atoms with Crippen molar-refractivity contribution in [2.75, 3.05) is 0 Å². The van der Waals surface area contributed by atoms with Crippen molar-refractivity contribution in [3.05, 3.63) is 90.0 Å². The van der Waals surface area contributed by atoms with Gasteiger partial charge in [-0.1, -0.05) is 49.4 Å². The lowest BCUT2D eigenvalue weighted by Crippen LogP contribution is -2.03. The van der Waals surface area contributed by atoms with Gasteiger partial charge in [0.15, 0.2) is 0 Å². The van der Waals surface area contributed by atoms with Crippen LogP contribution in [0.4, 0.5) is 0 Å². The van der Waals surface area contributed by atoms with E-state index in [9.17, 15) is 13.2 Å². The summed E-state index contributed by atoms with van der Waals surface area (Å²) >= 11 is 0. The first-order chi connectivity index (χ1) is 13.9. The Morgan fingerprint density at radius 3 is 2.07 bits per heavy atom. The summed E-state index contributed by atoms with van der Waals surface area (Å²) in [5, 5.41) is 8.88. The molecule has 0 aromatic heterocycles. The second-order valence-corrected chi connectivity index (χ2v) is 8.77. The third kappa shape index (κ3) is 5.23. The third-order valence-corrected chi connectivity index (χ3v) is 6.41. The van der Waals surface area contributed by atoms with Gasteiger partial charge < -0.3 is 9.84 Å². The fourth-order valence-corrected chi connectivity index (χ4v) is 4.22. The zero-order valence-electron chi connectivity index (χ0n) is 16.0. The Balaban J connectivity index is 1.63. The number of sulfone groups is 1. The average molecular weight is 410 g/mol. The highest BCUT2D eigenvalue weighted by Gasteiger charge is 2.16. The molecule has 0 bridgehead atoms. The minimum Gasteiger partial charge on any atom is -0.489 e. The minimum absolute atomic E-state index is 0.0688. The molecule has 1 unspecified atom stereocenters. The molecule has 3 rings (SSSR count). The summed E-state index contributed by atoms with van der Waals surface area (Å²) in [7, 11) is -3.53. The number of hydrogen-bond donors (Lipinski definition) is 1. The highest BCUT2D eigenvalue weighted by molar-refractivity contribution is 7.91. The van der Waals surface area contributed by atoms with Crippen LogP contribution in [0.2, 0.25) is 0 Å². The molecule has 0 aliphatic rings. The third-order valence-electron chi connectivity index (χ3n) is 4.62. The van der Waals surface area contributed by atoms with Crippen LogP contribution in [0.15, 0.2) is 88.7 Å². The van der Waals surface area contributed by atoms with Crippen LogP contribution < -0.4 is 4.74 Å². The Morgan fingerprint density at radius 2 is 1.48 bits per heavy atom. The summed E-state index contributed by atoms with van der Waals surface area (Å²) in [6, 6.07) is 22.3. The van der Waals surface area contributed by atoms with E-state index in [-0.39, 0.29) is 22.1 Å². The second kappa shape index (κ2) is 8.92. The lowest BCUT2D eigenvalue weighted by molar-refractivity contribution is -0.137. The normalized spacial score (nSPS) is 12.3. The van der Waals surface area contributed by atoms with E-state index in [2.05, 4.69) is 0 Å². The van der Waals surface area contributed by atoms with E-state index in [1.807, 2.05) is 31.2 Å². The van der Waals surface area contributed by atoms with Crippen molar-refractivity contribution in [3.8, 4) is 5.75 Å². The standard InChI is InChI=1S/C23H22O5S/c1-17(15-23(24)25)19-9-11-20(12-10-19)28-16-18-7-13-22(14-8-18)29(26,27)21-5-3-2-4-6-21/h2-14,17H,15-16H2,1H3,(H,24,25). The van der Waals surface area contributed by atoms with Gasteiger partial charge in [0.1, 0.15) is 12.4 Å². The van der Waals surface area contributed by atoms with E-state index < -0.39 is 15.8 Å². The largest absolute Gasteiger partial charge is 0.489 e. The molecule has 0 saturated heterocycles. The molecule has 0 aliphatic carbocycles. The number of carboxylic acids is 1. The predicted molar refractivity (Wildman–Crippen MR) is 110 cm³/mol. The van der Waals surface area contributed by atoms with Gasteiger partial charge in [-0.25, -0.2) is 8.42 Å². The number of rotatable bonds is 8. The Kier molecular flexibility index (Phi) is 6.34. The summed E-state index contributed by atoms with van der Waals surface area (Å²) in [5.74, 6) is -0.228. The van der Waals surface area contributed by atoms with Gasteiger partial charge in [0.25, 0.3) is 0 Å². The Morgan fingerprint density at radius 1 is 0.897 bits per heavy atom. The molecule has 3 aromatic carbocycles. The van der Waals surface area contributed by atoms with Gasteiger partial charge in [0.2, 0.25) is 9.84 Å².